The van der Waals surface area contributed by atoms with Gasteiger partial charge in [0, 0.05) is 0 Å². The van der Waals surface area contributed by atoms with Crippen molar-refractivity contribution in [3.63, 3.8) is 0 Å². The fourth-order valence-electron chi connectivity index (χ4n) is 1.49. The van der Waals surface area contributed by atoms with Crippen molar-refractivity contribution in [2.24, 2.45) is 0 Å². The van der Waals surface area contributed by atoms with Crippen LogP contribution in [0.15, 0.2) is 0 Å². The fourth-order valence-corrected chi connectivity index (χ4v) is 8.80. The van der Waals surface area contributed by atoms with E-state index in [2.05, 4.69) is 0 Å². The van der Waals surface area contributed by atoms with Gasteiger partial charge in [0.05, 0.1) is 0 Å². The van der Waals surface area contributed by atoms with Crippen molar-refractivity contribution in [3.8, 4) is 0 Å². The van der Waals surface area contributed by atoms with Crippen LogP contribution in [-0.4, -0.2) is 19.7 Å². The number of hydrogen-bond acceptors (Lipinski definition) is 5. The fraction of sp³-hybridized carbons (Fsp3) is 0.545. The molecule has 0 amide bonds. The van der Waals surface area contributed by atoms with Crippen molar-refractivity contribution in [3.05, 3.63) is 0 Å². The van der Waals surface area contributed by atoms with Gasteiger partial charge in [-0.1, -0.05) is 0 Å². The van der Waals surface area contributed by atoms with Gasteiger partial charge >= 0.3 is 81.1 Å². The number of Topliss-reactive ketones (excluding diaryl/α,β-unsaturated/α-hetero) is 1. The van der Waals surface area contributed by atoms with Gasteiger partial charge in [-0.2, -0.15) is 0 Å². The summed E-state index contributed by atoms with van der Waals surface area (Å²) in [6, 6.07) is 0. The summed E-state index contributed by atoms with van der Waals surface area (Å²) in [4.78, 5) is 54.3. The van der Waals surface area contributed by atoms with Crippen LogP contribution in [0.3, 0.4) is 0 Å². The van der Waals surface area contributed by atoms with Gasteiger partial charge in [-0.15, -0.1) is 0 Å². The molecule has 0 aliphatic carbocycles. The minimum atomic E-state index is -4.48. The molecular formula is C11H18O5Zr. The molecule has 0 aromatic heterocycles. The third-order valence-corrected chi connectivity index (χ3v) is 12.5. The Balaban J connectivity index is 0. The molecule has 0 aliphatic heterocycles. The van der Waals surface area contributed by atoms with Gasteiger partial charge < -0.3 is 4.79 Å². The molecule has 0 spiro atoms. The molecule has 17 heavy (non-hydrogen) atoms. The van der Waals surface area contributed by atoms with Gasteiger partial charge in [-0.25, -0.2) is 0 Å². The van der Waals surface area contributed by atoms with Crippen LogP contribution in [0.25, 0.3) is 0 Å². The molecule has 5 nitrogen and oxygen atoms in total. The van der Waals surface area contributed by atoms with E-state index in [-0.39, 0.29) is 5.78 Å². The van der Waals surface area contributed by atoms with E-state index in [4.69, 9.17) is 0 Å². The maximum atomic E-state index is 11.2. The molecular weight excluding hydrogens is 303 g/mol. The maximum absolute atomic E-state index is 11.2. The van der Waals surface area contributed by atoms with E-state index in [1.165, 1.54) is 41.5 Å². The Hall–Kier alpha value is -0.767. The Kier molecular flexibility index (Phi) is 8.25. The molecule has 0 fully saturated rings. The summed E-state index contributed by atoms with van der Waals surface area (Å²) in [6.45, 7) is 7.72. The van der Waals surface area contributed by atoms with Crippen LogP contribution < -0.4 is 0 Å². The van der Waals surface area contributed by atoms with E-state index in [0.717, 1.165) is 0 Å². The molecule has 0 N–H and O–H groups in total. The van der Waals surface area contributed by atoms with Gasteiger partial charge in [0.1, 0.15) is 5.78 Å². The molecule has 0 aromatic carbocycles. The van der Waals surface area contributed by atoms with Crippen LogP contribution in [0.1, 0.15) is 41.5 Å². The summed E-state index contributed by atoms with van der Waals surface area (Å²) in [7, 11) is 0. The zero-order valence-electron chi connectivity index (χ0n) is 11.0. The summed E-state index contributed by atoms with van der Waals surface area (Å²) >= 11 is -4.48. The van der Waals surface area contributed by atoms with E-state index in [1.54, 1.807) is 0 Å². The summed E-state index contributed by atoms with van der Waals surface area (Å²) in [5.41, 5.74) is 0. The number of carbonyl (C=O) groups excluding carboxylic acids is 5. The molecule has 0 radical (unpaired) electrons. The number of ketones is 1. The van der Waals surface area contributed by atoms with Crippen LogP contribution in [0.2, 0.25) is 0 Å². The third kappa shape index (κ3) is 4.94. The van der Waals surface area contributed by atoms with E-state index in [9.17, 15) is 24.0 Å². The van der Waals surface area contributed by atoms with Crippen molar-refractivity contribution >= 4 is 19.7 Å². The first kappa shape index (κ1) is 18.6. The zero-order valence-corrected chi connectivity index (χ0v) is 13.5. The number of hydrogen-bond donors (Lipinski definition) is 0. The Bertz CT molecular complexity index is 305. The molecule has 0 atom stereocenters. The van der Waals surface area contributed by atoms with E-state index in [0.29, 0.717) is 0 Å². The Morgan fingerprint density at radius 3 is 0.647 bits per heavy atom. The predicted octanol–water partition coefficient (Wildman–Crippen LogP) is 0.922. The second-order valence-electron chi connectivity index (χ2n) is 3.88. The van der Waals surface area contributed by atoms with Crippen LogP contribution in [-0.2, 0) is 44.2 Å². The topological polar surface area (TPSA) is 85.3 Å². The molecule has 0 unspecified atom stereocenters. The van der Waals surface area contributed by atoms with E-state index < -0.39 is 34.2 Å². The van der Waals surface area contributed by atoms with Gasteiger partial charge in [0.2, 0.25) is 0 Å². The predicted molar refractivity (Wildman–Crippen MR) is 59.1 cm³/mol. The average molecular weight is 321 g/mol. The molecule has 0 bridgehead atoms. The first-order valence-corrected chi connectivity index (χ1v) is 9.94. The molecule has 6 heteroatoms. The SMILES string of the molecule is CC(C)=O.C[C](=O)[Zr]([C](C)=O)([C](C)=O)[C](C)=O. The second-order valence-corrected chi connectivity index (χ2v) is 14.5. The Morgan fingerprint density at radius 1 is 0.529 bits per heavy atom. The Labute approximate surface area is 105 Å². The van der Waals surface area contributed by atoms with Gasteiger partial charge in [0.15, 0.2) is 0 Å². The molecule has 0 aromatic rings. The van der Waals surface area contributed by atoms with Gasteiger partial charge in [-0.3, -0.25) is 0 Å². The summed E-state index contributed by atoms with van der Waals surface area (Å²) in [5, 5.41) is 0. The molecule has 0 heterocycles. The number of rotatable bonds is 4. The van der Waals surface area contributed by atoms with Gasteiger partial charge in [0.25, 0.3) is 0 Å². The molecule has 0 aliphatic rings. The van der Waals surface area contributed by atoms with Crippen LogP contribution >= 0.6 is 0 Å². The van der Waals surface area contributed by atoms with Crippen LogP contribution in [0.5, 0.6) is 0 Å². The van der Waals surface area contributed by atoms with E-state index >= 15 is 0 Å². The minimum absolute atomic E-state index is 0.167. The monoisotopic (exact) mass is 320 g/mol. The molecule has 0 saturated carbocycles. The zero-order chi connectivity index (χ0) is 14.4. The third-order valence-electron chi connectivity index (χ3n) is 2.11. The summed E-state index contributed by atoms with van der Waals surface area (Å²) in [6.07, 6.45) is 0. The second kappa shape index (κ2) is 7.54. The quantitative estimate of drug-likeness (QED) is 0.768. The number of carbonyl (C=O) groups is 5. The first-order chi connectivity index (χ1) is 7.51. The van der Waals surface area contributed by atoms with Crippen molar-refractivity contribution in [2.45, 2.75) is 41.5 Å². The molecule has 0 rings (SSSR count). The normalized spacial score (nSPS) is 9.76. The van der Waals surface area contributed by atoms with Gasteiger partial charge in [-0.05, 0) is 13.8 Å². The van der Waals surface area contributed by atoms with Crippen molar-refractivity contribution in [2.75, 3.05) is 0 Å². The first-order valence-electron chi connectivity index (χ1n) is 5.02. The standard InChI is InChI=1S/C3H6O.4C2H3O.Zr/c1-3(2)4;4*1-2-3;/h1-2H3;4*1H3;. The van der Waals surface area contributed by atoms with Crippen LogP contribution in [0, 0.1) is 0 Å². The summed E-state index contributed by atoms with van der Waals surface area (Å²) in [5.74, 6) is 0.167. The Morgan fingerprint density at radius 2 is 0.647 bits per heavy atom. The molecule has 0 saturated heterocycles. The van der Waals surface area contributed by atoms with Crippen molar-refractivity contribution in [1.29, 1.82) is 0 Å². The average Bonchev–Trinajstić information content (AvgIpc) is 1.98. The molecule has 96 valence electrons. The van der Waals surface area contributed by atoms with Crippen molar-refractivity contribution < 1.29 is 44.2 Å². The van der Waals surface area contributed by atoms with E-state index in [1.807, 2.05) is 0 Å². The van der Waals surface area contributed by atoms with Crippen molar-refractivity contribution in [1.82, 2.24) is 0 Å². The van der Waals surface area contributed by atoms with Crippen LogP contribution in [0.4, 0.5) is 0 Å². The summed E-state index contributed by atoms with van der Waals surface area (Å²) < 4.78 is -1.99.